The molecule has 6 nitrogen and oxygen atoms in total. The van der Waals surface area contributed by atoms with E-state index in [4.69, 9.17) is 9.47 Å². The van der Waals surface area contributed by atoms with Gasteiger partial charge in [-0.15, -0.1) is 0 Å². The first-order valence-corrected chi connectivity index (χ1v) is 8.79. The van der Waals surface area contributed by atoms with Crippen LogP contribution in [0, 0.1) is 13.8 Å². The standard InChI is InChI=1S/C19H27N3O3/c1-15-4-5-16(2)19(10-15)25-14-17(23)11-21-8-9-24-18(12-21)13-22-7-3-6-20-22/h3-7,10,17-18,23H,8-9,11-14H2,1-2H3/t17-,18-/m0/s1. The van der Waals surface area contributed by atoms with E-state index < -0.39 is 6.10 Å². The van der Waals surface area contributed by atoms with Crippen LogP contribution in [0.25, 0.3) is 0 Å². The third-order valence-electron chi connectivity index (χ3n) is 4.42. The molecular weight excluding hydrogens is 318 g/mol. The monoisotopic (exact) mass is 345 g/mol. The number of benzene rings is 1. The number of morpholine rings is 1. The maximum absolute atomic E-state index is 10.3. The average Bonchev–Trinajstić information content (AvgIpc) is 3.09. The highest BCUT2D eigenvalue weighted by Gasteiger charge is 2.23. The van der Waals surface area contributed by atoms with Crippen molar-refractivity contribution in [1.82, 2.24) is 14.7 Å². The number of nitrogens with zero attached hydrogens (tertiary/aromatic N) is 3. The zero-order valence-electron chi connectivity index (χ0n) is 15.0. The highest BCUT2D eigenvalue weighted by molar-refractivity contribution is 5.35. The van der Waals surface area contributed by atoms with E-state index in [0.717, 1.165) is 36.5 Å². The molecule has 0 amide bonds. The minimum atomic E-state index is -0.525. The molecule has 1 saturated heterocycles. The second-order valence-electron chi connectivity index (χ2n) is 6.71. The molecule has 0 unspecified atom stereocenters. The number of ether oxygens (including phenoxy) is 2. The lowest BCUT2D eigenvalue weighted by molar-refractivity contribution is -0.0517. The Morgan fingerprint density at radius 3 is 3.08 bits per heavy atom. The molecule has 136 valence electrons. The Morgan fingerprint density at radius 1 is 1.40 bits per heavy atom. The lowest BCUT2D eigenvalue weighted by Gasteiger charge is -2.34. The van der Waals surface area contributed by atoms with Crippen molar-refractivity contribution in [2.24, 2.45) is 0 Å². The quantitative estimate of drug-likeness (QED) is 0.827. The molecule has 1 aromatic carbocycles. The van der Waals surface area contributed by atoms with E-state index in [-0.39, 0.29) is 6.10 Å². The molecule has 0 bridgehead atoms. The van der Waals surface area contributed by atoms with Crippen molar-refractivity contribution in [3.05, 3.63) is 47.8 Å². The lowest BCUT2D eigenvalue weighted by atomic mass is 10.1. The van der Waals surface area contributed by atoms with E-state index in [0.29, 0.717) is 19.8 Å². The van der Waals surface area contributed by atoms with Crippen molar-refractivity contribution in [1.29, 1.82) is 0 Å². The van der Waals surface area contributed by atoms with Gasteiger partial charge in [-0.05, 0) is 37.1 Å². The molecule has 1 aliphatic rings. The molecule has 1 fully saturated rings. The van der Waals surface area contributed by atoms with Crippen molar-refractivity contribution < 1.29 is 14.6 Å². The normalized spacial score (nSPS) is 19.7. The fourth-order valence-corrected chi connectivity index (χ4v) is 3.07. The van der Waals surface area contributed by atoms with Crippen molar-refractivity contribution in [2.75, 3.05) is 32.8 Å². The Hall–Kier alpha value is -1.89. The number of aliphatic hydroxyl groups excluding tert-OH is 1. The predicted octanol–water partition coefficient (Wildman–Crippen LogP) is 1.64. The third-order valence-corrected chi connectivity index (χ3v) is 4.42. The van der Waals surface area contributed by atoms with Crippen LogP contribution in [-0.4, -0.2) is 64.8 Å². The Kier molecular flexibility index (Phi) is 6.07. The van der Waals surface area contributed by atoms with Crippen LogP contribution in [0.4, 0.5) is 0 Å². The molecule has 0 spiro atoms. The van der Waals surface area contributed by atoms with Gasteiger partial charge in [0.15, 0.2) is 0 Å². The maximum Gasteiger partial charge on any atom is 0.122 e. The van der Waals surface area contributed by atoms with E-state index in [1.807, 2.05) is 42.9 Å². The number of β-amino-alcohol motifs (C(OH)–C–C–N with tert-alkyl or cyclic N) is 1. The van der Waals surface area contributed by atoms with Gasteiger partial charge in [-0.2, -0.15) is 5.10 Å². The summed E-state index contributed by atoms with van der Waals surface area (Å²) in [7, 11) is 0. The maximum atomic E-state index is 10.3. The van der Waals surface area contributed by atoms with E-state index >= 15 is 0 Å². The highest BCUT2D eigenvalue weighted by Crippen LogP contribution is 2.19. The van der Waals surface area contributed by atoms with Gasteiger partial charge < -0.3 is 14.6 Å². The van der Waals surface area contributed by atoms with Crippen molar-refractivity contribution in [3.63, 3.8) is 0 Å². The van der Waals surface area contributed by atoms with Crippen molar-refractivity contribution >= 4 is 0 Å². The summed E-state index contributed by atoms with van der Waals surface area (Å²) in [6, 6.07) is 8.02. The molecule has 25 heavy (non-hydrogen) atoms. The van der Waals surface area contributed by atoms with Crippen LogP contribution < -0.4 is 4.74 Å². The number of aromatic nitrogens is 2. The van der Waals surface area contributed by atoms with Crippen LogP contribution in [0.5, 0.6) is 5.75 Å². The Bertz CT molecular complexity index is 660. The number of hydrogen-bond acceptors (Lipinski definition) is 5. The molecule has 2 atom stereocenters. The highest BCUT2D eigenvalue weighted by atomic mass is 16.5. The summed E-state index contributed by atoms with van der Waals surface area (Å²) >= 11 is 0. The van der Waals surface area contributed by atoms with Crippen LogP contribution in [0.2, 0.25) is 0 Å². The number of aliphatic hydroxyl groups is 1. The smallest absolute Gasteiger partial charge is 0.122 e. The Morgan fingerprint density at radius 2 is 2.28 bits per heavy atom. The van der Waals surface area contributed by atoms with Gasteiger partial charge in [0.2, 0.25) is 0 Å². The minimum absolute atomic E-state index is 0.0979. The van der Waals surface area contributed by atoms with E-state index in [1.165, 1.54) is 0 Å². The van der Waals surface area contributed by atoms with E-state index in [2.05, 4.69) is 16.1 Å². The SMILES string of the molecule is Cc1ccc(C)c(OC[C@@H](O)CN2CCO[C@H](Cn3cccn3)C2)c1. The van der Waals surface area contributed by atoms with Crippen LogP contribution in [-0.2, 0) is 11.3 Å². The number of rotatable bonds is 7. The molecule has 2 heterocycles. The van der Waals surface area contributed by atoms with Gasteiger partial charge in [0.05, 0.1) is 19.3 Å². The molecule has 1 aromatic heterocycles. The van der Waals surface area contributed by atoms with Gasteiger partial charge in [-0.25, -0.2) is 0 Å². The zero-order chi connectivity index (χ0) is 17.6. The van der Waals surface area contributed by atoms with Gasteiger partial charge in [-0.3, -0.25) is 9.58 Å². The molecule has 1 N–H and O–H groups in total. The molecule has 2 aromatic rings. The summed E-state index contributed by atoms with van der Waals surface area (Å²) < 4.78 is 13.5. The van der Waals surface area contributed by atoms with Crippen molar-refractivity contribution in [2.45, 2.75) is 32.6 Å². The number of aryl methyl sites for hydroxylation is 2. The van der Waals surface area contributed by atoms with E-state index in [9.17, 15) is 5.11 Å². The van der Waals surface area contributed by atoms with Gasteiger partial charge in [-0.1, -0.05) is 12.1 Å². The average molecular weight is 345 g/mol. The second kappa shape index (κ2) is 8.47. The minimum Gasteiger partial charge on any atom is -0.491 e. The molecule has 1 aliphatic heterocycles. The summed E-state index contributed by atoms with van der Waals surface area (Å²) in [5.74, 6) is 0.845. The second-order valence-corrected chi connectivity index (χ2v) is 6.71. The number of hydrogen-bond donors (Lipinski definition) is 1. The van der Waals surface area contributed by atoms with Gasteiger partial charge in [0.1, 0.15) is 18.5 Å². The summed E-state index contributed by atoms with van der Waals surface area (Å²) in [5, 5.41) is 14.6. The molecular formula is C19H27N3O3. The fourth-order valence-electron chi connectivity index (χ4n) is 3.07. The molecule has 0 aliphatic carbocycles. The third kappa shape index (κ3) is 5.29. The van der Waals surface area contributed by atoms with Gasteiger partial charge >= 0.3 is 0 Å². The van der Waals surface area contributed by atoms with Crippen LogP contribution in [0.1, 0.15) is 11.1 Å². The summed E-state index contributed by atoms with van der Waals surface area (Å²) in [4.78, 5) is 2.23. The van der Waals surface area contributed by atoms with Crippen LogP contribution in [0.15, 0.2) is 36.7 Å². The molecule has 6 heteroatoms. The van der Waals surface area contributed by atoms with Crippen LogP contribution >= 0.6 is 0 Å². The summed E-state index contributed by atoms with van der Waals surface area (Å²) in [5.41, 5.74) is 2.24. The lowest BCUT2D eigenvalue weighted by Crippen LogP contribution is -2.47. The Labute approximate surface area is 149 Å². The topological polar surface area (TPSA) is 59.8 Å². The van der Waals surface area contributed by atoms with Crippen LogP contribution in [0.3, 0.4) is 0 Å². The summed E-state index contributed by atoms with van der Waals surface area (Å²) in [6.45, 7) is 7.97. The zero-order valence-corrected chi connectivity index (χ0v) is 15.0. The van der Waals surface area contributed by atoms with Gasteiger partial charge in [0, 0.05) is 32.0 Å². The van der Waals surface area contributed by atoms with Crippen molar-refractivity contribution in [3.8, 4) is 5.75 Å². The first kappa shape index (κ1) is 17.9. The largest absolute Gasteiger partial charge is 0.491 e. The van der Waals surface area contributed by atoms with E-state index in [1.54, 1.807) is 6.20 Å². The fraction of sp³-hybridized carbons (Fsp3) is 0.526. The first-order valence-electron chi connectivity index (χ1n) is 8.79. The molecule has 3 rings (SSSR count). The first-order chi connectivity index (χ1) is 12.1. The Balaban J connectivity index is 1.45. The molecule has 0 radical (unpaired) electrons. The predicted molar refractivity (Wildman–Crippen MR) is 95.8 cm³/mol. The summed E-state index contributed by atoms with van der Waals surface area (Å²) in [6.07, 6.45) is 3.29. The van der Waals surface area contributed by atoms with Gasteiger partial charge in [0.25, 0.3) is 0 Å². The molecule has 0 saturated carbocycles.